The van der Waals surface area contributed by atoms with Crippen molar-refractivity contribution in [3.05, 3.63) is 65.7 Å². The molecule has 0 radical (unpaired) electrons. The lowest BCUT2D eigenvalue weighted by atomic mass is 10.0. The van der Waals surface area contributed by atoms with Crippen molar-refractivity contribution >= 4 is 11.9 Å². The van der Waals surface area contributed by atoms with Gasteiger partial charge in [0.25, 0.3) is 5.91 Å². The van der Waals surface area contributed by atoms with Crippen LogP contribution in [0.5, 0.6) is 5.75 Å². The van der Waals surface area contributed by atoms with Gasteiger partial charge in [0.1, 0.15) is 5.75 Å². The second-order valence-corrected chi connectivity index (χ2v) is 4.95. The standard InChI is InChI=1S/C18H19NO4/c1-22-15-10-8-13(9-11-15)16(12-17(20)23-2)19-18(21)14-6-4-3-5-7-14/h3-11,16H,12H2,1-2H3,(H,19,21). The zero-order chi connectivity index (χ0) is 16.7. The van der Waals surface area contributed by atoms with E-state index >= 15 is 0 Å². The van der Waals surface area contributed by atoms with E-state index in [0.717, 1.165) is 5.56 Å². The Hall–Kier alpha value is -2.82. The number of esters is 1. The first-order valence-electron chi connectivity index (χ1n) is 7.20. The van der Waals surface area contributed by atoms with Crippen molar-refractivity contribution in [2.75, 3.05) is 14.2 Å². The van der Waals surface area contributed by atoms with Gasteiger partial charge in [-0.25, -0.2) is 0 Å². The van der Waals surface area contributed by atoms with E-state index in [1.807, 2.05) is 18.2 Å². The molecule has 0 aliphatic rings. The monoisotopic (exact) mass is 313 g/mol. The van der Waals surface area contributed by atoms with Gasteiger partial charge in [-0.3, -0.25) is 9.59 Å². The molecule has 1 unspecified atom stereocenters. The molecule has 0 aliphatic heterocycles. The lowest BCUT2D eigenvalue weighted by molar-refractivity contribution is -0.141. The summed E-state index contributed by atoms with van der Waals surface area (Å²) in [6.07, 6.45) is 0.0569. The smallest absolute Gasteiger partial charge is 0.307 e. The number of hydrogen-bond donors (Lipinski definition) is 1. The van der Waals surface area contributed by atoms with Crippen molar-refractivity contribution in [2.24, 2.45) is 0 Å². The zero-order valence-electron chi connectivity index (χ0n) is 13.1. The van der Waals surface area contributed by atoms with Crippen LogP contribution in [0.1, 0.15) is 28.4 Å². The fourth-order valence-corrected chi connectivity index (χ4v) is 2.17. The van der Waals surface area contributed by atoms with Crippen LogP contribution in [-0.2, 0) is 9.53 Å². The van der Waals surface area contributed by atoms with E-state index in [1.54, 1.807) is 43.5 Å². The summed E-state index contributed by atoms with van der Waals surface area (Å²) in [7, 11) is 2.91. The van der Waals surface area contributed by atoms with Crippen LogP contribution in [0.4, 0.5) is 0 Å². The number of methoxy groups -OCH3 is 2. The van der Waals surface area contributed by atoms with Crippen LogP contribution >= 0.6 is 0 Å². The molecule has 0 aliphatic carbocycles. The number of rotatable bonds is 6. The molecular formula is C18H19NO4. The van der Waals surface area contributed by atoms with Gasteiger partial charge in [0.2, 0.25) is 0 Å². The summed E-state index contributed by atoms with van der Waals surface area (Å²) in [6.45, 7) is 0. The molecule has 5 nitrogen and oxygen atoms in total. The van der Waals surface area contributed by atoms with E-state index in [0.29, 0.717) is 11.3 Å². The second-order valence-electron chi connectivity index (χ2n) is 4.95. The first kappa shape index (κ1) is 16.5. The largest absolute Gasteiger partial charge is 0.497 e. The van der Waals surface area contributed by atoms with Crippen LogP contribution in [-0.4, -0.2) is 26.1 Å². The Morgan fingerprint density at radius 2 is 1.65 bits per heavy atom. The van der Waals surface area contributed by atoms with E-state index in [1.165, 1.54) is 7.11 Å². The maximum Gasteiger partial charge on any atom is 0.307 e. The van der Waals surface area contributed by atoms with Crippen LogP contribution < -0.4 is 10.1 Å². The summed E-state index contributed by atoms with van der Waals surface area (Å²) in [6, 6.07) is 15.6. The molecule has 0 aromatic heterocycles. The maximum absolute atomic E-state index is 12.3. The third-order valence-electron chi connectivity index (χ3n) is 3.46. The van der Waals surface area contributed by atoms with E-state index in [-0.39, 0.29) is 18.3 Å². The molecule has 1 atom stereocenters. The fraction of sp³-hybridized carbons (Fsp3) is 0.222. The Morgan fingerprint density at radius 3 is 2.22 bits per heavy atom. The molecule has 0 heterocycles. The minimum absolute atomic E-state index is 0.0569. The summed E-state index contributed by atoms with van der Waals surface area (Å²) in [5, 5.41) is 2.87. The molecule has 1 N–H and O–H groups in total. The van der Waals surface area contributed by atoms with Gasteiger partial charge in [-0.15, -0.1) is 0 Å². The minimum atomic E-state index is -0.471. The summed E-state index contributed by atoms with van der Waals surface area (Å²) in [4.78, 5) is 24.0. The van der Waals surface area contributed by atoms with Crippen molar-refractivity contribution < 1.29 is 19.1 Å². The predicted molar refractivity (Wildman–Crippen MR) is 86.3 cm³/mol. The number of amides is 1. The summed E-state index contributed by atoms with van der Waals surface area (Å²) in [5.41, 5.74) is 1.34. The molecule has 2 aromatic carbocycles. The quantitative estimate of drug-likeness (QED) is 0.833. The van der Waals surface area contributed by atoms with Crippen molar-refractivity contribution in [1.29, 1.82) is 0 Å². The predicted octanol–water partition coefficient (Wildman–Crippen LogP) is 2.73. The molecule has 2 aromatic rings. The highest BCUT2D eigenvalue weighted by Crippen LogP contribution is 2.21. The number of nitrogens with one attached hydrogen (secondary N) is 1. The van der Waals surface area contributed by atoms with Gasteiger partial charge >= 0.3 is 5.97 Å². The molecule has 2 rings (SSSR count). The van der Waals surface area contributed by atoms with Crippen LogP contribution in [0.2, 0.25) is 0 Å². The topological polar surface area (TPSA) is 64.6 Å². The SMILES string of the molecule is COC(=O)CC(NC(=O)c1ccccc1)c1ccc(OC)cc1. The third-order valence-corrected chi connectivity index (χ3v) is 3.46. The Balaban J connectivity index is 2.19. The van der Waals surface area contributed by atoms with Crippen LogP contribution in [0, 0.1) is 0 Å². The van der Waals surface area contributed by atoms with Gasteiger partial charge in [0, 0.05) is 5.56 Å². The molecule has 0 spiro atoms. The molecular weight excluding hydrogens is 294 g/mol. The number of carbonyl (C=O) groups is 2. The molecule has 5 heteroatoms. The Kier molecular flexibility index (Phi) is 5.74. The molecule has 0 saturated carbocycles. The zero-order valence-corrected chi connectivity index (χ0v) is 13.1. The number of ether oxygens (including phenoxy) is 2. The van der Waals surface area contributed by atoms with Crippen molar-refractivity contribution in [3.8, 4) is 5.75 Å². The number of benzene rings is 2. The van der Waals surface area contributed by atoms with Gasteiger partial charge in [-0.05, 0) is 29.8 Å². The van der Waals surface area contributed by atoms with Gasteiger partial charge in [0.15, 0.2) is 0 Å². The Labute approximate surface area is 135 Å². The number of carbonyl (C=O) groups excluding carboxylic acids is 2. The highest BCUT2D eigenvalue weighted by molar-refractivity contribution is 5.94. The normalized spacial score (nSPS) is 11.4. The van der Waals surface area contributed by atoms with Crippen LogP contribution in [0.15, 0.2) is 54.6 Å². The first-order valence-corrected chi connectivity index (χ1v) is 7.20. The maximum atomic E-state index is 12.3. The lowest BCUT2D eigenvalue weighted by Gasteiger charge is -2.18. The van der Waals surface area contributed by atoms with Gasteiger partial charge in [-0.2, -0.15) is 0 Å². The van der Waals surface area contributed by atoms with E-state index < -0.39 is 6.04 Å². The van der Waals surface area contributed by atoms with E-state index in [9.17, 15) is 9.59 Å². The van der Waals surface area contributed by atoms with Crippen molar-refractivity contribution in [3.63, 3.8) is 0 Å². The molecule has 120 valence electrons. The van der Waals surface area contributed by atoms with Gasteiger partial charge in [-0.1, -0.05) is 30.3 Å². The fourth-order valence-electron chi connectivity index (χ4n) is 2.17. The summed E-state index contributed by atoms with van der Waals surface area (Å²) in [5.74, 6) is 0.0782. The van der Waals surface area contributed by atoms with Crippen LogP contribution in [0.25, 0.3) is 0 Å². The average Bonchev–Trinajstić information content (AvgIpc) is 2.61. The second kappa shape index (κ2) is 7.98. The lowest BCUT2D eigenvalue weighted by Crippen LogP contribution is -2.30. The van der Waals surface area contributed by atoms with Gasteiger partial charge in [0.05, 0.1) is 26.7 Å². The molecule has 0 bridgehead atoms. The summed E-state index contributed by atoms with van der Waals surface area (Å²) < 4.78 is 9.84. The molecule has 23 heavy (non-hydrogen) atoms. The van der Waals surface area contributed by atoms with Crippen molar-refractivity contribution in [2.45, 2.75) is 12.5 Å². The molecule has 0 saturated heterocycles. The Morgan fingerprint density at radius 1 is 1.00 bits per heavy atom. The molecule has 1 amide bonds. The highest BCUT2D eigenvalue weighted by atomic mass is 16.5. The minimum Gasteiger partial charge on any atom is -0.497 e. The highest BCUT2D eigenvalue weighted by Gasteiger charge is 2.19. The van der Waals surface area contributed by atoms with E-state index in [2.05, 4.69) is 5.32 Å². The molecule has 0 fully saturated rings. The van der Waals surface area contributed by atoms with Crippen LogP contribution in [0.3, 0.4) is 0 Å². The number of hydrogen-bond acceptors (Lipinski definition) is 4. The average molecular weight is 313 g/mol. The summed E-state index contributed by atoms with van der Waals surface area (Å²) >= 11 is 0. The third kappa shape index (κ3) is 4.57. The van der Waals surface area contributed by atoms with Crippen molar-refractivity contribution in [1.82, 2.24) is 5.32 Å². The first-order chi connectivity index (χ1) is 11.1. The van der Waals surface area contributed by atoms with E-state index in [4.69, 9.17) is 9.47 Å². The van der Waals surface area contributed by atoms with Gasteiger partial charge < -0.3 is 14.8 Å². The Bertz CT molecular complexity index is 652.